The molecule has 0 bridgehead atoms. The third kappa shape index (κ3) is 4.75. The molecule has 0 heterocycles. The van der Waals surface area contributed by atoms with Gasteiger partial charge in [-0.25, -0.2) is 0 Å². The van der Waals surface area contributed by atoms with Crippen molar-refractivity contribution >= 4 is 0 Å². The Hall–Kier alpha value is -1.53. The Balaban J connectivity index is 1.63. The summed E-state index contributed by atoms with van der Waals surface area (Å²) < 4.78 is 11.6. The van der Waals surface area contributed by atoms with Gasteiger partial charge in [-0.3, -0.25) is 0 Å². The number of para-hydroxylation sites is 1. The summed E-state index contributed by atoms with van der Waals surface area (Å²) >= 11 is 0. The summed E-state index contributed by atoms with van der Waals surface area (Å²) in [6.07, 6.45) is 4.92. The van der Waals surface area contributed by atoms with E-state index in [-0.39, 0.29) is 0 Å². The van der Waals surface area contributed by atoms with Gasteiger partial charge < -0.3 is 9.47 Å². The SMILES string of the molecule is CC1CCC(OCCCOc2ccccc2C#N)CC1C. The molecule has 3 unspecified atom stereocenters. The molecule has 21 heavy (non-hydrogen) atoms. The van der Waals surface area contributed by atoms with E-state index in [1.54, 1.807) is 6.07 Å². The number of benzene rings is 1. The molecule has 2 rings (SSSR count). The van der Waals surface area contributed by atoms with Crippen LogP contribution >= 0.6 is 0 Å². The smallest absolute Gasteiger partial charge is 0.137 e. The normalized spacial score (nSPS) is 25.3. The van der Waals surface area contributed by atoms with Crippen LogP contribution in [0.4, 0.5) is 0 Å². The average molecular weight is 287 g/mol. The van der Waals surface area contributed by atoms with E-state index < -0.39 is 0 Å². The van der Waals surface area contributed by atoms with E-state index in [1.807, 2.05) is 18.2 Å². The fourth-order valence-corrected chi connectivity index (χ4v) is 2.83. The van der Waals surface area contributed by atoms with Gasteiger partial charge in [0.25, 0.3) is 0 Å². The zero-order chi connectivity index (χ0) is 15.1. The van der Waals surface area contributed by atoms with E-state index in [4.69, 9.17) is 14.7 Å². The Morgan fingerprint density at radius 2 is 1.95 bits per heavy atom. The third-order valence-corrected chi connectivity index (χ3v) is 4.46. The first kappa shape index (κ1) is 15.9. The molecule has 3 atom stereocenters. The standard InChI is InChI=1S/C18H25NO2/c1-14-8-9-17(12-15(14)2)20-10-5-11-21-18-7-4-3-6-16(18)13-19/h3-4,6-7,14-15,17H,5,8-12H2,1-2H3. The molecular formula is C18H25NO2. The van der Waals surface area contributed by atoms with E-state index >= 15 is 0 Å². The molecule has 1 aromatic carbocycles. The van der Waals surface area contributed by atoms with Gasteiger partial charge in [-0.2, -0.15) is 5.26 Å². The minimum absolute atomic E-state index is 0.419. The monoisotopic (exact) mass is 287 g/mol. The van der Waals surface area contributed by atoms with E-state index in [1.165, 1.54) is 19.3 Å². The highest BCUT2D eigenvalue weighted by Gasteiger charge is 2.24. The van der Waals surface area contributed by atoms with Crippen molar-refractivity contribution < 1.29 is 9.47 Å². The number of nitrogens with zero attached hydrogens (tertiary/aromatic N) is 1. The first-order valence-corrected chi connectivity index (χ1v) is 7.94. The molecule has 0 N–H and O–H groups in total. The lowest BCUT2D eigenvalue weighted by atomic mass is 9.80. The summed E-state index contributed by atoms with van der Waals surface area (Å²) in [7, 11) is 0. The van der Waals surface area contributed by atoms with Crippen LogP contribution in [0.15, 0.2) is 24.3 Å². The van der Waals surface area contributed by atoms with Gasteiger partial charge in [0, 0.05) is 6.42 Å². The van der Waals surface area contributed by atoms with Gasteiger partial charge in [0.1, 0.15) is 11.8 Å². The van der Waals surface area contributed by atoms with Crippen LogP contribution in [0.3, 0.4) is 0 Å². The van der Waals surface area contributed by atoms with Crippen molar-refractivity contribution in [3.05, 3.63) is 29.8 Å². The second-order valence-electron chi connectivity index (χ2n) is 6.07. The Bertz CT molecular complexity index is 480. The molecule has 114 valence electrons. The Labute approximate surface area is 127 Å². The van der Waals surface area contributed by atoms with Crippen LogP contribution in [0.2, 0.25) is 0 Å². The minimum Gasteiger partial charge on any atom is -0.492 e. The van der Waals surface area contributed by atoms with Crippen LogP contribution in [-0.4, -0.2) is 19.3 Å². The van der Waals surface area contributed by atoms with Crippen LogP contribution < -0.4 is 4.74 Å². The molecule has 3 heteroatoms. The molecule has 1 aliphatic carbocycles. The van der Waals surface area contributed by atoms with E-state index in [0.717, 1.165) is 24.9 Å². The number of hydrogen-bond acceptors (Lipinski definition) is 3. The molecule has 0 spiro atoms. The minimum atomic E-state index is 0.419. The molecule has 0 aliphatic heterocycles. The van der Waals surface area contributed by atoms with Crippen molar-refractivity contribution in [3.63, 3.8) is 0 Å². The predicted molar refractivity (Wildman–Crippen MR) is 83.2 cm³/mol. The van der Waals surface area contributed by atoms with Crippen molar-refractivity contribution in [2.24, 2.45) is 11.8 Å². The van der Waals surface area contributed by atoms with Crippen LogP contribution in [0.1, 0.15) is 45.1 Å². The predicted octanol–water partition coefficient (Wildman–Crippen LogP) is 4.17. The molecule has 0 saturated heterocycles. The number of hydrogen-bond donors (Lipinski definition) is 0. The fraction of sp³-hybridized carbons (Fsp3) is 0.611. The first-order chi connectivity index (χ1) is 10.2. The maximum absolute atomic E-state index is 8.98. The summed E-state index contributed by atoms with van der Waals surface area (Å²) in [5, 5.41) is 8.98. The van der Waals surface area contributed by atoms with Crippen LogP contribution in [-0.2, 0) is 4.74 Å². The van der Waals surface area contributed by atoms with Crippen molar-refractivity contribution in [2.75, 3.05) is 13.2 Å². The van der Waals surface area contributed by atoms with E-state index in [9.17, 15) is 0 Å². The van der Waals surface area contributed by atoms with E-state index in [2.05, 4.69) is 19.9 Å². The van der Waals surface area contributed by atoms with Crippen LogP contribution in [0.5, 0.6) is 5.75 Å². The largest absolute Gasteiger partial charge is 0.492 e. The van der Waals surface area contributed by atoms with Crippen molar-refractivity contribution in [1.29, 1.82) is 5.26 Å². The van der Waals surface area contributed by atoms with Gasteiger partial charge >= 0.3 is 0 Å². The summed E-state index contributed by atoms with van der Waals surface area (Å²) in [5.74, 6) is 2.26. The Morgan fingerprint density at radius 3 is 2.71 bits per heavy atom. The lowest BCUT2D eigenvalue weighted by Crippen LogP contribution is -2.27. The summed E-state index contributed by atoms with van der Waals surface area (Å²) in [6.45, 7) is 5.99. The van der Waals surface area contributed by atoms with E-state index in [0.29, 0.717) is 24.0 Å². The van der Waals surface area contributed by atoms with Crippen molar-refractivity contribution in [2.45, 2.75) is 45.6 Å². The summed E-state index contributed by atoms with van der Waals surface area (Å²) in [6, 6.07) is 9.49. The molecule has 0 aromatic heterocycles. The van der Waals surface area contributed by atoms with Gasteiger partial charge in [0.2, 0.25) is 0 Å². The number of nitriles is 1. The van der Waals surface area contributed by atoms with Crippen molar-refractivity contribution in [3.8, 4) is 11.8 Å². The van der Waals surface area contributed by atoms with Crippen molar-refractivity contribution in [1.82, 2.24) is 0 Å². The number of ether oxygens (including phenoxy) is 2. The molecule has 0 amide bonds. The lowest BCUT2D eigenvalue weighted by Gasteiger charge is -2.31. The lowest BCUT2D eigenvalue weighted by molar-refractivity contribution is -0.00161. The van der Waals surface area contributed by atoms with Crippen LogP contribution in [0, 0.1) is 23.2 Å². The summed E-state index contributed by atoms with van der Waals surface area (Å²) in [4.78, 5) is 0. The van der Waals surface area contributed by atoms with Gasteiger partial charge in [-0.15, -0.1) is 0 Å². The molecular weight excluding hydrogens is 262 g/mol. The molecule has 1 saturated carbocycles. The molecule has 3 nitrogen and oxygen atoms in total. The second kappa shape index (κ2) is 8.05. The van der Waals surface area contributed by atoms with Gasteiger partial charge in [0.15, 0.2) is 0 Å². The highest BCUT2D eigenvalue weighted by molar-refractivity contribution is 5.42. The highest BCUT2D eigenvalue weighted by atomic mass is 16.5. The van der Waals surface area contributed by atoms with Gasteiger partial charge in [0.05, 0.1) is 24.9 Å². The van der Waals surface area contributed by atoms with Gasteiger partial charge in [-0.1, -0.05) is 26.0 Å². The molecule has 0 radical (unpaired) electrons. The number of rotatable bonds is 6. The first-order valence-electron chi connectivity index (χ1n) is 7.94. The average Bonchev–Trinajstić information content (AvgIpc) is 2.51. The zero-order valence-electron chi connectivity index (χ0n) is 13.0. The maximum atomic E-state index is 8.98. The topological polar surface area (TPSA) is 42.2 Å². The Morgan fingerprint density at radius 1 is 1.14 bits per heavy atom. The molecule has 1 aliphatic rings. The third-order valence-electron chi connectivity index (χ3n) is 4.46. The highest BCUT2D eigenvalue weighted by Crippen LogP contribution is 2.30. The fourth-order valence-electron chi connectivity index (χ4n) is 2.83. The molecule has 1 aromatic rings. The molecule has 1 fully saturated rings. The zero-order valence-corrected chi connectivity index (χ0v) is 13.0. The van der Waals surface area contributed by atoms with Gasteiger partial charge in [-0.05, 0) is 43.2 Å². The van der Waals surface area contributed by atoms with Crippen LogP contribution in [0.25, 0.3) is 0 Å². The second-order valence-corrected chi connectivity index (χ2v) is 6.07. The summed E-state index contributed by atoms with van der Waals surface area (Å²) in [5.41, 5.74) is 0.591. The quantitative estimate of drug-likeness (QED) is 0.737. The maximum Gasteiger partial charge on any atom is 0.137 e. The Kier molecular flexibility index (Phi) is 6.07.